The molecule has 1 heterocycles. The number of piperidine rings is 1. The summed E-state index contributed by atoms with van der Waals surface area (Å²) in [6.45, 7) is 3.77. The largest absolute Gasteiger partial charge is 0.300 e. The maximum atomic E-state index is 11.3. The smallest absolute Gasteiger partial charge is 0.131 e. The number of rotatable bonds is 5. The fraction of sp³-hybridized carbons (Fsp3) is 0.471. The lowest BCUT2D eigenvalue weighted by Gasteiger charge is -2.34. The summed E-state index contributed by atoms with van der Waals surface area (Å²) in [4.78, 5) is 13.8. The van der Waals surface area contributed by atoms with Gasteiger partial charge in [-0.2, -0.15) is 0 Å². The number of ketones is 1. The van der Waals surface area contributed by atoms with Crippen molar-refractivity contribution in [2.24, 2.45) is 0 Å². The van der Waals surface area contributed by atoms with E-state index in [9.17, 15) is 4.79 Å². The summed E-state index contributed by atoms with van der Waals surface area (Å²) >= 11 is 0. The van der Waals surface area contributed by atoms with Crippen molar-refractivity contribution >= 4 is 11.9 Å². The average molecular weight is 257 g/mol. The topological polar surface area (TPSA) is 20.3 Å². The summed E-state index contributed by atoms with van der Waals surface area (Å²) in [7, 11) is 0. The summed E-state index contributed by atoms with van der Waals surface area (Å²) in [6.07, 6.45) is 8.77. The second-order valence-electron chi connectivity index (χ2n) is 5.36. The number of hydrogen-bond donors (Lipinski definition) is 0. The van der Waals surface area contributed by atoms with Crippen LogP contribution in [0.4, 0.5) is 0 Å². The molecule has 1 unspecified atom stereocenters. The highest BCUT2D eigenvalue weighted by molar-refractivity contribution is 5.76. The van der Waals surface area contributed by atoms with E-state index in [4.69, 9.17) is 0 Å². The van der Waals surface area contributed by atoms with Crippen LogP contribution in [-0.4, -0.2) is 29.8 Å². The van der Waals surface area contributed by atoms with Gasteiger partial charge in [-0.3, -0.25) is 9.69 Å². The van der Waals surface area contributed by atoms with Gasteiger partial charge in [-0.25, -0.2) is 0 Å². The molecule has 0 aliphatic carbocycles. The van der Waals surface area contributed by atoms with Gasteiger partial charge in [-0.05, 0) is 31.9 Å². The molecule has 2 heteroatoms. The molecule has 0 saturated carbocycles. The van der Waals surface area contributed by atoms with E-state index in [0.717, 1.165) is 13.1 Å². The molecule has 1 atom stereocenters. The summed E-state index contributed by atoms with van der Waals surface area (Å²) < 4.78 is 0. The standard InChI is InChI=1S/C17H23NO/c1-15(19)14-17-11-5-6-12-18(17)13-7-10-16-8-3-2-4-9-16/h2-4,7-10,17H,5-6,11-14H2,1H3. The highest BCUT2D eigenvalue weighted by Crippen LogP contribution is 2.19. The molecule has 1 saturated heterocycles. The monoisotopic (exact) mass is 257 g/mol. The van der Waals surface area contributed by atoms with Gasteiger partial charge in [0.15, 0.2) is 0 Å². The molecule has 2 rings (SSSR count). The van der Waals surface area contributed by atoms with Gasteiger partial charge in [0.05, 0.1) is 0 Å². The van der Waals surface area contributed by atoms with Crippen molar-refractivity contribution in [3.05, 3.63) is 42.0 Å². The van der Waals surface area contributed by atoms with E-state index in [0.29, 0.717) is 18.2 Å². The highest BCUT2D eigenvalue weighted by atomic mass is 16.1. The Morgan fingerprint density at radius 3 is 2.84 bits per heavy atom. The quantitative estimate of drug-likeness (QED) is 0.804. The molecule has 0 amide bonds. The fourth-order valence-electron chi connectivity index (χ4n) is 2.75. The Labute approximate surface area is 116 Å². The lowest BCUT2D eigenvalue weighted by molar-refractivity contribution is -0.118. The minimum atomic E-state index is 0.309. The number of hydrogen-bond acceptors (Lipinski definition) is 2. The van der Waals surface area contributed by atoms with Gasteiger partial charge in [0.25, 0.3) is 0 Å². The van der Waals surface area contributed by atoms with Crippen LogP contribution in [0.5, 0.6) is 0 Å². The molecule has 2 nitrogen and oxygen atoms in total. The van der Waals surface area contributed by atoms with Crippen molar-refractivity contribution in [1.82, 2.24) is 4.90 Å². The summed E-state index contributed by atoms with van der Waals surface area (Å²) in [5.74, 6) is 0.309. The first-order chi connectivity index (χ1) is 9.25. The van der Waals surface area contributed by atoms with Gasteiger partial charge in [-0.1, -0.05) is 48.9 Å². The number of benzene rings is 1. The summed E-state index contributed by atoms with van der Waals surface area (Å²) in [5, 5.41) is 0. The molecule has 1 aromatic rings. The van der Waals surface area contributed by atoms with Crippen molar-refractivity contribution in [2.45, 2.75) is 38.6 Å². The van der Waals surface area contributed by atoms with Crippen LogP contribution in [0.25, 0.3) is 6.08 Å². The molecule has 1 fully saturated rings. The molecule has 1 aliphatic heterocycles. The zero-order valence-corrected chi connectivity index (χ0v) is 11.7. The van der Waals surface area contributed by atoms with E-state index >= 15 is 0 Å². The van der Waals surface area contributed by atoms with Crippen LogP contribution < -0.4 is 0 Å². The molecule has 19 heavy (non-hydrogen) atoms. The summed E-state index contributed by atoms with van der Waals surface area (Å²) in [5.41, 5.74) is 1.24. The van der Waals surface area contributed by atoms with Crippen LogP contribution in [-0.2, 0) is 4.79 Å². The number of likely N-dealkylation sites (tertiary alicyclic amines) is 1. The van der Waals surface area contributed by atoms with Gasteiger partial charge >= 0.3 is 0 Å². The van der Waals surface area contributed by atoms with Crippen molar-refractivity contribution in [1.29, 1.82) is 0 Å². The predicted molar refractivity (Wildman–Crippen MR) is 80.0 cm³/mol. The number of carbonyl (C=O) groups excluding carboxylic acids is 1. The average Bonchev–Trinajstić information content (AvgIpc) is 2.41. The van der Waals surface area contributed by atoms with Crippen molar-refractivity contribution in [3.8, 4) is 0 Å². The van der Waals surface area contributed by atoms with Crippen molar-refractivity contribution in [2.75, 3.05) is 13.1 Å². The molecular formula is C17H23NO. The van der Waals surface area contributed by atoms with E-state index in [1.54, 1.807) is 6.92 Å². The Kier molecular flexibility index (Phi) is 5.34. The third-order valence-electron chi connectivity index (χ3n) is 3.72. The van der Waals surface area contributed by atoms with Gasteiger partial charge in [0, 0.05) is 19.0 Å². The van der Waals surface area contributed by atoms with Crippen LogP contribution in [0.3, 0.4) is 0 Å². The Hall–Kier alpha value is -1.41. The van der Waals surface area contributed by atoms with E-state index < -0.39 is 0 Å². The Balaban J connectivity index is 1.89. The second kappa shape index (κ2) is 7.25. The number of carbonyl (C=O) groups is 1. The minimum Gasteiger partial charge on any atom is -0.300 e. The van der Waals surface area contributed by atoms with Crippen LogP contribution in [0.1, 0.15) is 38.2 Å². The molecule has 0 aromatic heterocycles. The molecule has 102 valence electrons. The summed E-state index contributed by atoms with van der Waals surface area (Å²) in [6, 6.07) is 10.8. The Morgan fingerprint density at radius 1 is 1.32 bits per heavy atom. The predicted octanol–water partition coefficient (Wildman–Crippen LogP) is 3.53. The maximum Gasteiger partial charge on any atom is 0.131 e. The molecule has 0 bridgehead atoms. The lowest BCUT2D eigenvalue weighted by Crippen LogP contribution is -2.40. The van der Waals surface area contributed by atoms with Crippen LogP contribution in [0.15, 0.2) is 36.4 Å². The zero-order chi connectivity index (χ0) is 13.5. The second-order valence-corrected chi connectivity index (χ2v) is 5.36. The molecule has 0 N–H and O–H groups in total. The maximum absolute atomic E-state index is 11.3. The fourth-order valence-corrected chi connectivity index (χ4v) is 2.75. The van der Waals surface area contributed by atoms with Crippen LogP contribution in [0, 0.1) is 0 Å². The molecule has 0 spiro atoms. The zero-order valence-electron chi connectivity index (χ0n) is 11.7. The van der Waals surface area contributed by atoms with Crippen molar-refractivity contribution in [3.63, 3.8) is 0 Å². The normalized spacial score (nSPS) is 20.8. The Bertz CT molecular complexity index is 424. The SMILES string of the molecule is CC(=O)CC1CCCCN1CC=Cc1ccccc1. The minimum absolute atomic E-state index is 0.309. The Morgan fingerprint density at radius 2 is 2.11 bits per heavy atom. The van der Waals surface area contributed by atoms with E-state index in [1.165, 1.54) is 24.8 Å². The number of Topliss-reactive ketones (excluding diaryl/α,β-unsaturated/α-hetero) is 1. The first-order valence-corrected chi connectivity index (χ1v) is 7.21. The van der Waals surface area contributed by atoms with E-state index in [1.807, 2.05) is 6.07 Å². The molecule has 0 radical (unpaired) electrons. The molecule has 1 aromatic carbocycles. The third-order valence-corrected chi connectivity index (χ3v) is 3.72. The van der Waals surface area contributed by atoms with Gasteiger partial charge < -0.3 is 0 Å². The van der Waals surface area contributed by atoms with Crippen LogP contribution in [0.2, 0.25) is 0 Å². The van der Waals surface area contributed by atoms with Gasteiger partial charge in [-0.15, -0.1) is 0 Å². The van der Waals surface area contributed by atoms with E-state index in [2.05, 4.69) is 41.3 Å². The highest BCUT2D eigenvalue weighted by Gasteiger charge is 2.22. The van der Waals surface area contributed by atoms with Gasteiger partial charge in [0.2, 0.25) is 0 Å². The van der Waals surface area contributed by atoms with Crippen molar-refractivity contribution < 1.29 is 4.79 Å². The first kappa shape index (κ1) is 14.0. The van der Waals surface area contributed by atoms with Gasteiger partial charge in [0.1, 0.15) is 5.78 Å². The third kappa shape index (κ3) is 4.64. The van der Waals surface area contributed by atoms with Crippen LogP contribution >= 0.6 is 0 Å². The molecule has 1 aliphatic rings. The van der Waals surface area contributed by atoms with E-state index in [-0.39, 0.29) is 0 Å². The number of nitrogens with zero attached hydrogens (tertiary/aromatic N) is 1. The molecular weight excluding hydrogens is 234 g/mol. The lowest BCUT2D eigenvalue weighted by atomic mass is 9.98. The first-order valence-electron chi connectivity index (χ1n) is 7.21.